The molecule has 0 aromatic carbocycles. The minimum absolute atomic E-state index is 0.226. The lowest BCUT2D eigenvalue weighted by Crippen LogP contribution is -2.33. The van der Waals surface area contributed by atoms with E-state index in [1.54, 1.807) is 0 Å². The Bertz CT molecular complexity index is 301. The molecule has 0 unspecified atom stereocenters. The van der Waals surface area contributed by atoms with Crippen molar-refractivity contribution in [3.8, 4) is 0 Å². The van der Waals surface area contributed by atoms with E-state index in [0.717, 1.165) is 0 Å². The van der Waals surface area contributed by atoms with Crippen LogP contribution in [0.4, 0.5) is 6.01 Å². The third-order valence-electron chi connectivity index (χ3n) is 1.78. The van der Waals surface area contributed by atoms with Gasteiger partial charge in [0.25, 0.3) is 0 Å². The molecule has 1 rings (SSSR count). The summed E-state index contributed by atoms with van der Waals surface area (Å²) in [6.45, 7) is 7.21. The Morgan fingerprint density at radius 2 is 2.20 bits per heavy atom. The summed E-state index contributed by atoms with van der Waals surface area (Å²) in [5.74, 6) is 0.636. The monoisotopic (exact) mass is 233 g/mol. The van der Waals surface area contributed by atoms with Gasteiger partial charge < -0.3 is 14.5 Å². The molecule has 6 heteroatoms. The van der Waals surface area contributed by atoms with Gasteiger partial charge in [0.1, 0.15) is 5.88 Å². The van der Waals surface area contributed by atoms with E-state index >= 15 is 0 Å². The fourth-order valence-corrected chi connectivity index (χ4v) is 1.22. The maximum atomic E-state index is 5.53. The molecule has 86 valence electrons. The molecule has 15 heavy (non-hydrogen) atoms. The van der Waals surface area contributed by atoms with Gasteiger partial charge in [-0.2, -0.15) is 0 Å². The van der Waals surface area contributed by atoms with Gasteiger partial charge in [-0.1, -0.05) is 5.10 Å². The number of aromatic nitrogens is 2. The van der Waals surface area contributed by atoms with Crippen LogP contribution in [0.5, 0.6) is 0 Å². The molecule has 0 aliphatic carbocycles. The largest absolute Gasteiger partial charge is 0.407 e. The van der Waals surface area contributed by atoms with Gasteiger partial charge in [0.15, 0.2) is 0 Å². The van der Waals surface area contributed by atoms with Crippen molar-refractivity contribution in [1.82, 2.24) is 10.2 Å². The Kier molecular flexibility index (Phi) is 4.35. The predicted octanol–water partition coefficient (Wildman–Crippen LogP) is 2.04. The lowest BCUT2D eigenvalue weighted by Gasteiger charge is -2.24. The zero-order valence-corrected chi connectivity index (χ0v) is 9.97. The third kappa shape index (κ3) is 4.05. The smallest absolute Gasteiger partial charge is 0.315 e. The second-order valence-electron chi connectivity index (χ2n) is 3.68. The summed E-state index contributed by atoms with van der Waals surface area (Å²) < 4.78 is 10.7. The van der Waals surface area contributed by atoms with Crippen molar-refractivity contribution in [2.75, 3.05) is 18.5 Å². The molecule has 5 nitrogen and oxygen atoms in total. The Balaban J connectivity index is 2.42. The number of rotatable bonds is 6. The van der Waals surface area contributed by atoms with Gasteiger partial charge in [-0.3, -0.25) is 0 Å². The van der Waals surface area contributed by atoms with E-state index in [2.05, 4.69) is 15.5 Å². The van der Waals surface area contributed by atoms with Crippen molar-refractivity contribution in [3.05, 3.63) is 5.89 Å². The highest BCUT2D eigenvalue weighted by Gasteiger charge is 2.18. The topological polar surface area (TPSA) is 60.2 Å². The quantitative estimate of drug-likeness (QED) is 0.762. The van der Waals surface area contributed by atoms with Crippen LogP contribution in [0, 0.1) is 0 Å². The predicted molar refractivity (Wildman–Crippen MR) is 58.0 cm³/mol. The summed E-state index contributed by atoms with van der Waals surface area (Å²) in [6, 6.07) is 0.374. The van der Waals surface area contributed by atoms with Crippen molar-refractivity contribution in [1.29, 1.82) is 0 Å². The number of nitrogens with one attached hydrogen (secondary N) is 1. The van der Waals surface area contributed by atoms with E-state index in [1.807, 2.05) is 20.8 Å². The standard InChI is InChI=1S/C9H16ClN3O2/c1-4-14-9(2,3)6-11-8-13-12-7(5-10)15-8/h4-6H2,1-3H3,(H,11,13). The first-order valence-corrected chi connectivity index (χ1v) is 5.37. The molecule has 0 atom stereocenters. The fourth-order valence-electron chi connectivity index (χ4n) is 1.11. The lowest BCUT2D eigenvalue weighted by molar-refractivity contribution is 0.000342. The van der Waals surface area contributed by atoms with E-state index in [0.29, 0.717) is 25.1 Å². The Morgan fingerprint density at radius 1 is 1.47 bits per heavy atom. The molecule has 0 fully saturated rings. The molecule has 0 saturated heterocycles. The molecule has 1 heterocycles. The summed E-state index contributed by atoms with van der Waals surface area (Å²) >= 11 is 5.53. The number of alkyl halides is 1. The maximum absolute atomic E-state index is 5.53. The number of hydrogen-bond acceptors (Lipinski definition) is 5. The number of hydrogen-bond donors (Lipinski definition) is 1. The molecule has 1 N–H and O–H groups in total. The van der Waals surface area contributed by atoms with Crippen LogP contribution in [0.3, 0.4) is 0 Å². The number of halogens is 1. The highest BCUT2D eigenvalue weighted by Crippen LogP contribution is 2.12. The first-order valence-electron chi connectivity index (χ1n) is 4.83. The Morgan fingerprint density at radius 3 is 2.73 bits per heavy atom. The van der Waals surface area contributed by atoms with Gasteiger partial charge in [-0.25, -0.2) is 0 Å². The third-order valence-corrected chi connectivity index (χ3v) is 2.01. The maximum Gasteiger partial charge on any atom is 0.315 e. The molecule has 0 spiro atoms. The van der Waals surface area contributed by atoms with Crippen molar-refractivity contribution in [2.45, 2.75) is 32.3 Å². The van der Waals surface area contributed by atoms with Crippen LogP contribution in [0.2, 0.25) is 0 Å². The molecule has 0 amide bonds. The van der Waals surface area contributed by atoms with Gasteiger partial charge in [0.2, 0.25) is 5.89 Å². The van der Waals surface area contributed by atoms with Gasteiger partial charge in [0, 0.05) is 13.2 Å². The highest BCUT2D eigenvalue weighted by atomic mass is 35.5. The van der Waals surface area contributed by atoms with E-state index in [9.17, 15) is 0 Å². The Labute approximate surface area is 94.2 Å². The summed E-state index contributed by atoms with van der Waals surface area (Å²) in [5, 5.41) is 10.5. The molecule has 0 aliphatic heterocycles. The van der Waals surface area contributed by atoms with Crippen LogP contribution in [0.15, 0.2) is 4.42 Å². The second kappa shape index (κ2) is 5.32. The summed E-state index contributed by atoms with van der Waals surface area (Å²) in [5.41, 5.74) is -0.260. The first kappa shape index (κ1) is 12.3. The van der Waals surface area contributed by atoms with Gasteiger partial charge in [0.05, 0.1) is 5.60 Å². The number of nitrogens with zero attached hydrogens (tertiary/aromatic N) is 2. The minimum atomic E-state index is -0.260. The summed E-state index contributed by atoms with van der Waals surface area (Å²) in [6.07, 6.45) is 0. The zero-order valence-electron chi connectivity index (χ0n) is 9.21. The van der Waals surface area contributed by atoms with Crippen LogP contribution in [0.1, 0.15) is 26.7 Å². The van der Waals surface area contributed by atoms with Crippen molar-refractivity contribution in [2.24, 2.45) is 0 Å². The van der Waals surface area contributed by atoms with E-state index in [1.165, 1.54) is 0 Å². The lowest BCUT2D eigenvalue weighted by atomic mass is 10.1. The van der Waals surface area contributed by atoms with E-state index in [4.69, 9.17) is 20.8 Å². The highest BCUT2D eigenvalue weighted by molar-refractivity contribution is 6.16. The van der Waals surface area contributed by atoms with Crippen LogP contribution in [-0.4, -0.2) is 29.0 Å². The normalized spacial score (nSPS) is 11.7. The molecular weight excluding hydrogens is 218 g/mol. The van der Waals surface area contributed by atoms with Gasteiger partial charge in [-0.05, 0) is 20.8 Å². The minimum Gasteiger partial charge on any atom is -0.407 e. The average Bonchev–Trinajstić information content (AvgIpc) is 2.62. The molecule has 0 bridgehead atoms. The van der Waals surface area contributed by atoms with Crippen molar-refractivity contribution in [3.63, 3.8) is 0 Å². The molecule has 0 saturated carbocycles. The van der Waals surface area contributed by atoms with E-state index < -0.39 is 0 Å². The second-order valence-corrected chi connectivity index (χ2v) is 3.95. The van der Waals surface area contributed by atoms with Crippen LogP contribution < -0.4 is 5.32 Å². The zero-order chi connectivity index (χ0) is 11.3. The van der Waals surface area contributed by atoms with Crippen molar-refractivity contribution >= 4 is 17.6 Å². The van der Waals surface area contributed by atoms with Crippen LogP contribution in [-0.2, 0) is 10.6 Å². The van der Waals surface area contributed by atoms with Gasteiger partial charge in [-0.15, -0.1) is 16.7 Å². The van der Waals surface area contributed by atoms with Gasteiger partial charge >= 0.3 is 6.01 Å². The van der Waals surface area contributed by atoms with Crippen LogP contribution >= 0.6 is 11.6 Å². The molecule has 1 aromatic rings. The summed E-state index contributed by atoms with van der Waals surface area (Å²) in [7, 11) is 0. The number of anilines is 1. The summed E-state index contributed by atoms with van der Waals surface area (Å²) in [4.78, 5) is 0. The molecule has 1 aromatic heterocycles. The SMILES string of the molecule is CCOC(C)(C)CNc1nnc(CCl)o1. The molecule has 0 radical (unpaired) electrons. The molecular formula is C9H16ClN3O2. The first-order chi connectivity index (χ1) is 7.07. The van der Waals surface area contributed by atoms with E-state index in [-0.39, 0.29) is 11.5 Å². The average molecular weight is 234 g/mol. The Hall–Kier alpha value is -0.810. The van der Waals surface area contributed by atoms with Crippen molar-refractivity contribution < 1.29 is 9.15 Å². The molecule has 0 aliphatic rings. The fraction of sp³-hybridized carbons (Fsp3) is 0.778. The number of ether oxygens (including phenoxy) is 1. The van der Waals surface area contributed by atoms with Crippen LogP contribution in [0.25, 0.3) is 0 Å².